The maximum atomic E-state index is 15.3. The minimum absolute atomic E-state index is 0.0227. The lowest BCUT2D eigenvalue weighted by molar-refractivity contribution is -0.130. The molecule has 2 saturated heterocycles. The number of hydrogen-bond acceptors (Lipinski definition) is 8. The fraction of sp³-hybridized carbons (Fsp3) is 0.343. The molecule has 1 atom stereocenters. The topological polar surface area (TPSA) is 90.4 Å². The van der Waals surface area contributed by atoms with E-state index < -0.39 is 17.6 Å². The van der Waals surface area contributed by atoms with E-state index in [0.717, 1.165) is 39.3 Å². The second-order valence-corrected chi connectivity index (χ2v) is 11.3. The predicted octanol–water partition coefficient (Wildman–Crippen LogP) is 5.58. The number of ether oxygens (including phenoxy) is 4. The minimum atomic E-state index is -0.833. The van der Waals surface area contributed by atoms with E-state index in [-0.39, 0.29) is 23.9 Å². The fourth-order valence-electron chi connectivity index (χ4n) is 5.82. The summed E-state index contributed by atoms with van der Waals surface area (Å²) in [5.74, 6) is -1.09. The van der Waals surface area contributed by atoms with E-state index in [4.69, 9.17) is 18.9 Å². The summed E-state index contributed by atoms with van der Waals surface area (Å²) in [7, 11) is 1.55. The van der Waals surface area contributed by atoms with Gasteiger partial charge in [-0.05, 0) is 66.9 Å². The Balaban J connectivity index is 1.10. The second-order valence-electron chi connectivity index (χ2n) is 11.3. The number of anilines is 1. The Bertz CT molecular complexity index is 1710. The molecule has 0 spiro atoms. The number of pyridine rings is 1. The van der Waals surface area contributed by atoms with Crippen LogP contribution in [0.15, 0.2) is 66.9 Å². The number of nitrogens with zero attached hydrogens (tertiary/aromatic N) is 3. The number of fused-ring (bicyclic) bond motifs is 1. The van der Waals surface area contributed by atoms with Gasteiger partial charge in [-0.25, -0.2) is 8.78 Å². The van der Waals surface area contributed by atoms with E-state index in [0.29, 0.717) is 59.0 Å². The molecule has 6 rings (SSSR count). The highest BCUT2D eigenvalue weighted by Gasteiger charge is 2.37. The van der Waals surface area contributed by atoms with Gasteiger partial charge >= 0.3 is 0 Å². The molecule has 0 aliphatic carbocycles. The van der Waals surface area contributed by atoms with Crippen molar-refractivity contribution in [3.8, 4) is 23.0 Å². The van der Waals surface area contributed by atoms with Crippen LogP contribution >= 0.6 is 0 Å². The first-order valence-electron chi connectivity index (χ1n) is 15.3. The number of benzene rings is 3. The summed E-state index contributed by atoms with van der Waals surface area (Å²) in [6.07, 6.45) is 2.67. The molecule has 0 radical (unpaired) electrons. The van der Waals surface area contributed by atoms with Gasteiger partial charge in [0.1, 0.15) is 17.3 Å². The standard InChI is InChI=1S/C35H35F2N3O6/c1-43-33-21-27-29(22-34(33)45-16-2-12-39-14-17-44-18-15-39)38-11-9-31(27)46-32-8-3-23(19-28(32)37)20-30(41)26-10-13-40(35(26)42)25-6-4-24(36)5-7-25/h3-9,11,19,21-22,26H,2,10,12-18,20H2,1H3. The van der Waals surface area contributed by atoms with E-state index in [1.165, 1.54) is 41.3 Å². The number of carbonyl (C=O) groups excluding carboxylic acids is 2. The van der Waals surface area contributed by atoms with E-state index >= 15 is 4.39 Å². The molecule has 3 aromatic carbocycles. The van der Waals surface area contributed by atoms with E-state index in [9.17, 15) is 14.0 Å². The van der Waals surface area contributed by atoms with Crippen LogP contribution in [0.4, 0.5) is 14.5 Å². The van der Waals surface area contributed by atoms with Crippen molar-refractivity contribution < 1.29 is 37.3 Å². The molecule has 1 aromatic heterocycles. The van der Waals surface area contributed by atoms with Crippen LogP contribution in [0.2, 0.25) is 0 Å². The first-order chi connectivity index (χ1) is 22.4. The number of amides is 1. The molecular formula is C35H35F2N3O6. The van der Waals surface area contributed by atoms with Crippen LogP contribution in [0.3, 0.4) is 0 Å². The van der Waals surface area contributed by atoms with Gasteiger partial charge in [-0.3, -0.25) is 19.5 Å². The zero-order valence-electron chi connectivity index (χ0n) is 25.5. The average molecular weight is 632 g/mol. The summed E-state index contributed by atoms with van der Waals surface area (Å²) in [5, 5.41) is 0.615. The first kappa shape index (κ1) is 31.4. The van der Waals surface area contributed by atoms with Crippen molar-refractivity contribution in [3.63, 3.8) is 0 Å². The number of morpholine rings is 1. The van der Waals surface area contributed by atoms with Gasteiger partial charge in [0, 0.05) is 55.9 Å². The van der Waals surface area contributed by atoms with Crippen molar-refractivity contribution in [2.75, 3.05) is 58.0 Å². The molecule has 4 aromatic rings. The molecule has 11 heteroatoms. The SMILES string of the molecule is COc1cc2c(Oc3ccc(CC(=O)C4CCN(c5ccc(F)cc5)C4=O)cc3F)ccnc2cc1OCCCN1CCOCC1. The van der Waals surface area contributed by atoms with Gasteiger partial charge in [0.05, 0.1) is 38.4 Å². The van der Waals surface area contributed by atoms with Crippen LogP contribution in [-0.4, -0.2) is 74.7 Å². The van der Waals surface area contributed by atoms with E-state index in [2.05, 4.69) is 9.88 Å². The molecule has 240 valence electrons. The van der Waals surface area contributed by atoms with Crippen LogP contribution in [-0.2, 0) is 20.7 Å². The van der Waals surface area contributed by atoms with Crippen LogP contribution in [0, 0.1) is 17.6 Å². The highest BCUT2D eigenvalue weighted by molar-refractivity contribution is 6.10. The van der Waals surface area contributed by atoms with Crippen LogP contribution in [0.1, 0.15) is 18.4 Å². The first-order valence-corrected chi connectivity index (χ1v) is 15.3. The molecule has 9 nitrogen and oxygen atoms in total. The van der Waals surface area contributed by atoms with Gasteiger partial charge in [-0.15, -0.1) is 0 Å². The van der Waals surface area contributed by atoms with Crippen molar-refractivity contribution in [1.29, 1.82) is 0 Å². The van der Waals surface area contributed by atoms with Gasteiger partial charge in [-0.1, -0.05) is 6.07 Å². The Morgan fingerprint density at radius 1 is 0.957 bits per heavy atom. The predicted molar refractivity (Wildman–Crippen MR) is 168 cm³/mol. The van der Waals surface area contributed by atoms with Gasteiger partial charge in [0.2, 0.25) is 5.91 Å². The summed E-state index contributed by atoms with van der Waals surface area (Å²) < 4.78 is 51.6. The Labute approximate surface area is 265 Å². The van der Waals surface area contributed by atoms with Crippen molar-refractivity contribution in [1.82, 2.24) is 9.88 Å². The normalized spacial score (nSPS) is 17.0. The van der Waals surface area contributed by atoms with Gasteiger partial charge < -0.3 is 23.8 Å². The monoisotopic (exact) mass is 631 g/mol. The largest absolute Gasteiger partial charge is 0.493 e. The third-order valence-electron chi connectivity index (χ3n) is 8.29. The van der Waals surface area contributed by atoms with Gasteiger partial charge in [0.15, 0.2) is 23.1 Å². The third-order valence-corrected chi connectivity index (χ3v) is 8.29. The molecule has 46 heavy (non-hydrogen) atoms. The number of aromatic nitrogens is 1. The molecule has 1 unspecified atom stereocenters. The lowest BCUT2D eigenvalue weighted by atomic mass is 9.96. The summed E-state index contributed by atoms with van der Waals surface area (Å²) in [5.41, 5.74) is 1.57. The maximum absolute atomic E-state index is 15.3. The Kier molecular flexibility index (Phi) is 9.70. The van der Waals surface area contributed by atoms with Crippen LogP contribution in [0.25, 0.3) is 10.9 Å². The lowest BCUT2D eigenvalue weighted by Crippen LogP contribution is -2.37. The van der Waals surface area contributed by atoms with Crippen LogP contribution in [0.5, 0.6) is 23.0 Å². The summed E-state index contributed by atoms with van der Waals surface area (Å²) in [6.45, 7) is 5.15. The minimum Gasteiger partial charge on any atom is -0.493 e. The molecular weight excluding hydrogens is 596 g/mol. The molecule has 0 saturated carbocycles. The number of rotatable bonds is 12. The maximum Gasteiger partial charge on any atom is 0.237 e. The quantitative estimate of drug-likeness (QED) is 0.148. The van der Waals surface area contributed by atoms with Gasteiger partial charge in [-0.2, -0.15) is 0 Å². The summed E-state index contributed by atoms with van der Waals surface area (Å²) in [4.78, 5) is 34.2. The zero-order valence-corrected chi connectivity index (χ0v) is 25.5. The smallest absolute Gasteiger partial charge is 0.237 e. The average Bonchev–Trinajstić information content (AvgIpc) is 3.46. The molecule has 2 aliphatic rings. The number of hydrogen-bond donors (Lipinski definition) is 0. The van der Waals surface area contributed by atoms with E-state index in [1.54, 1.807) is 37.6 Å². The highest BCUT2D eigenvalue weighted by Crippen LogP contribution is 2.38. The lowest BCUT2D eigenvalue weighted by Gasteiger charge is -2.26. The highest BCUT2D eigenvalue weighted by atomic mass is 19.1. The number of carbonyl (C=O) groups is 2. The Morgan fingerprint density at radius 2 is 1.76 bits per heavy atom. The number of halogens is 2. The van der Waals surface area contributed by atoms with Crippen molar-refractivity contribution in [2.24, 2.45) is 5.92 Å². The van der Waals surface area contributed by atoms with Crippen molar-refractivity contribution in [2.45, 2.75) is 19.3 Å². The molecule has 2 aliphatic heterocycles. The molecule has 2 fully saturated rings. The molecule has 1 amide bonds. The Morgan fingerprint density at radius 3 is 2.52 bits per heavy atom. The van der Waals surface area contributed by atoms with Crippen molar-refractivity contribution >= 4 is 28.3 Å². The summed E-state index contributed by atoms with van der Waals surface area (Å²) in [6, 6.07) is 15.1. The Hall–Kier alpha value is -4.61. The molecule has 3 heterocycles. The number of Topliss-reactive ketones (excluding diaryl/α,β-unsaturated/α-hetero) is 1. The van der Waals surface area contributed by atoms with Gasteiger partial charge in [0.25, 0.3) is 0 Å². The van der Waals surface area contributed by atoms with Crippen molar-refractivity contribution in [3.05, 3.63) is 84.1 Å². The second kappa shape index (κ2) is 14.2. The zero-order chi connectivity index (χ0) is 32.0. The van der Waals surface area contributed by atoms with E-state index in [1.807, 2.05) is 0 Å². The summed E-state index contributed by atoms with van der Waals surface area (Å²) >= 11 is 0. The third kappa shape index (κ3) is 7.11. The fourth-order valence-corrected chi connectivity index (χ4v) is 5.82. The van der Waals surface area contributed by atoms with Crippen LogP contribution < -0.4 is 19.1 Å². The molecule has 0 bridgehead atoms. The number of methoxy groups -OCH3 is 1. The molecule has 0 N–H and O–H groups in total. The number of ketones is 1.